The number of halogens is 3. The first-order chi connectivity index (χ1) is 8.87. The van der Waals surface area contributed by atoms with Gasteiger partial charge in [-0.2, -0.15) is 13.2 Å². The molecule has 0 aromatic carbocycles. The number of piperazine rings is 1. The third-order valence-corrected chi connectivity index (χ3v) is 4.81. The molecule has 2 aliphatic rings. The molecule has 1 saturated carbocycles. The van der Waals surface area contributed by atoms with E-state index in [2.05, 4.69) is 24.1 Å². The Labute approximate surface area is 117 Å². The molecule has 2 unspecified atom stereocenters. The maximum Gasteiger partial charge on any atom is 0.441 e. The normalized spacial score (nSPS) is 30.0. The maximum atomic E-state index is 12.2. The Morgan fingerprint density at radius 2 is 2.00 bits per heavy atom. The topological polar surface area (TPSA) is 15.3 Å². The Kier molecular flexibility index (Phi) is 5.06. The van der Waals surface area contributed by atoms with E-state index in [9.17, 15) is 13.2 Å². The van der Waals surface area contributed by atoms with Gasteiger partial charge in [-0.3, -0.25) is 4.90 Å². The van der Waals surface area contributed by atoms with Crippen LogP contribution in [-0.4, -0.2) is 47.9 Å². The van der Waals surface area contributed by atoms with Crippen LogP contribution in [0.4, 0.5) is 13.2 Å². The molecular formula is C13H23F3N2S. The molecule has 0 aromatic heterocycles. The second-order valence-corrected chi connectivity index (χ2v) is 7.11. The number of thioether (sulfide) groups is 1. The zero-order valence-corrected chi connectivity index (χ0v) is 12.4. The number of hydrogen-bond donors (Lipinski definition) is 1. The van der Waals surface area contributed by atoms with Gasteiger partial charge in [0, 0.05) is 37.5 Å². The van der Waals surface area contributed by atoms with Gasteiger partial charge in [0.25, 0.3) is 0 Å². The van der Waals surface area contributed by atoms with E-state index in [1.54, 1.807) is 0 Å². The molecule has 1 aliphatic carbocycles. The van der Waals surface area contributed by atoms with E-state index in [4.69, 9.17) is 0 Å². The summed E-state index contributed by atoms with van der Waals surface area (Å²) in [7, 11) is 0. The molecule has 2 nitrogen and oxygen atoms in total. The van der Waals surface area contributed by atoms with Crippen LogP contribution in [0.15, 0.2) is 0 Å². The summed E-state index contributed by atoms with van der Waals surface area (Å²) in [6.45, 7) is 6.65. The summed E-state index contributed by atoms with van der Waals surface area (Å²) in [5, 5.41) is 3.58. The van der Waals surface area contributed by atoms with Crippen molar-refractivity contribution in [3.05, 3.63) is 0 Å². The highest BCUT2D eigenvalue weighted by Gasteiger charge is 2.38. The number of hydrogen-bond acceptors (Lipinski definition) is 3. The molecule has 2 rings (SSSR count). The fourth-order valence-electron chi connectivity index (χ4n) is 2.86. The Morgan fingerprint density at radius 3 is 2.53 bits per heavy atom. The lowest BCUT2D eigenvalue weighted by Gasteiger charge is -2.42. The van der Waals surface area contributed by atoms with Gasteiger partial charge in [-0.1, -0.05) is 13.8 Å². The average Bonchev–Trinajstić information content (AvgIpc) is 3.10. The number of rotatable bonds is 5. The van der Waals surface area contributed by atoms with E-state index in [0.29, 0.717) is 24.5 Å². The van der Waals surface area contributed by atoms with Crippen molar-refractivity contribution in [3.8, 4) is 0 Å². The Morgan fingerprint density at radius 1 is 1.32 bits per heavy atom. The summed E-state index contributed by atoms with van der Waals surface area (Å²) in [5.41, 5.74) is -4.10. The summed E-state index contributed by atoms with van der Waals surface area (Å²) in [6, 6.07) is 0.856. The van der Waals surface area contributed by atoms with Crippen LogP contribution < -0.4 is 5.32 Å². The van der Waals surface area contributed by atoms with Gasteiger partial charge in [0.05, 0.1) is 0 Å². The molecule has 2 fully saturated rings. The Balaban J connectivity index is 1.84. The van der Waals surface area contributed by atoms with E-state index >= 15 is 0 Å². The van der Waals surface area contributed by atoms with Gasteiger partial charge < -0.3 is 5.32 Å². The summed E-state index contributed by atoms with van der Waals surface area (Å²) < 4.78 is 36.6. The van der Waals surface area contributed by atoms with Crippen molar-refractivity contribution in [2.75, 3.05) is 25.4 Å². The minimum absolute atomic E-state index is 0.104. The van der Waals surface area contributed by atoms with Gasteiger partial charge in [0.2, 0.25) is 0 Å². The van der Waals surface area contributed by atoms with E-state index in [0.717, 1.165) is 19.0 Å². The summed E-state index contributed by atoms with van der Waals surface area (Å²) >= 11 is 0.104. The number of alkyl halides is 3. The van der Waals surface area contributed by atoms with Crippen molar-refractivity contribution in [2.45, 2.75) is 44.3 Å². The van der Waals surface area contributed by atoms with Crippen molar-refractivity contribution in [2.24, 2.45) is 11.8 Å². The minimum Gasteiger partial charge on any atom is -0.311 e. The average molecular weight is 296 g/mol. The Hall–Kier alpha value is 0.0600. The van der Waals surface area contributed by atoms with Crippen molar-refractivity contribution < 1.29 is 13.2 Å². The van der Waals surface area contributed by atoms with Crippen LogP contribution >= 0.6 is 11.8 Å². The highest BCUT2D eigenvalue weighted by atomic mass is 32.2. The molecule has 6 heteroatoms. The van der Waals surface area contributed by atoms with Crippen LogP contribution in [0.1, 0.15) is 26.7 Å². The predicted octanol–water partition coefficient (Wildman–Crippen LogP) is 2.95. The molecule has 1 heterocycles. The lowest BCUT2D eigenvalue weighted by molar-refractivity contribution is -0.0330. The lowest BCUT2D eigenvalue weighted by atomic mass is 9.97. The van der Waals surface area contributed by atoms with Crippen molar-refractivity contribution in [1.29, 1.82) is 0 Å². The smallest absolute Gasteiger partial charge is 0.311 e. The van der Waals surface area contributed by atoms with Crippen molar-refractivity contribution in [1.82, 2.24) is 10.2 Å². The summed E-state index contributed by atoms with van der Waals surface area (Å²) in [6.07, 6.45) is 2.55. The SMILES string of the molecule is CC(C)C1CNC(C2CC2)CN1CCSC(F)(F)F. The monoisotopic (exact) mass is 296 g/mol. The van der Waals surface area contributed by atoms with E-state index in [1.807, 2.05) is 0 Å². The van der Waals surface area contributed by atoms with E-state index < -0.39 is 5.51 Å². The standard InChI is InChI=1S/C13H23F3N2S/c1-9(2)12-7-17-11(10-3-4-10)8-18(12)5-6-19-13(14,15)16/h9-12,17H,3-8H2,1-2H3. The first kappa shape index (κ1) is 15.4. The molecule has 0 radical (unpaired) electrons. The molecule has 1 saturated heterocycles. The van der Waals surface area contributed by atoms with Crippen LogP contribution in [0.2, 0.25) is 0 Å². The molecule has 2 atom stereocenters. The van der Waals surface area contributed by atoms with Gasteiger partial charge in [-0.05, 0) is 36.4 Å². The van der Waals surface area contributed by atoms with Crippen LogP contribution in [0.25, 0.3) is 0 Å². The van der Waals surface area contributed by atoms with E-state index in [1.165, 1.54) is 12.8 Å². The second kappa shape index (κ2) is 6.22. The van der Waals surface area contributed by atoms with Crippen LogP contribution in [-0.2, 0) is 0 Å². The maximum absolute atomic E-state index is 12.2. The van der Waals surface area contributed by atoms with E-state index in [-0.39, 0.29) is 17.5 Å². The minimum atomic E-state index is -4.10. The Bertz CT molecular complexity index is 292. The summed E-state index contributed by atoms with van der Waals surface area (Å²) in [5.74, 6) is 1.37. The largest absolute Gasteiger partial charge is 0.441 e. The van der Waals surface area contributed by atoms with Crippen molar-refractivity contribution in [3.63, 3.8) is 0 Å². The number of nitrogens with zero attached hydrogens (tertiary/aromatic N) is 1. The van der Waals surface area contributed by atoms with Crippen LogP contribution in [0.3, 0.4) is 0 Å². The zero-order chi connectivity index (χ0) is 14.0. The second-order valence-electron chi connectivity index (χ2n) is 5.95. The first-order valence-electron chi connectivity index (χ1n) is 7.05. The molecule has 1 aliphatic heterocycles. The predicted molar refractivity (Wildman–Crippen MR) is 73.2 cm³/mol. The van der Waals surface area contributed by atoms with Gasteiger partial charge in [-0.15, -0.1) is 0 Å². The molecule has 0 aromatic rings. The van der Waals surface area contributed by atoms with Gasteiger partial charge in [0.1, 0.15) is 0 Å². The molecular weight excluding hydrogens is 273 g/mol. The molecule has 1 N–H and O–H groups in total. The van der Waals surface area contributed by atoms with Crippen LogP contribution in [0, 0.1) is 11.8 Å². The molecule has 0 bridgehead atoms. The lowest BCUT2D eigenvalue weighted by Crippen LogP contribution is -2.59. The first-order valence-corrected chi connectivity index (χ1v) is 8.03. The fraction of sp³-hybridized carbons (Fsp3) is 1.00. The molecule has 0 amide bonds. The van der Waals surface area contributed by atoms with Crippen molar-refractivity contribution >= 4 is 11.8 Å². The number of nitrogens with one attached hydrogen (secondary N) is 1. The van der Waals surface area contributed by atoms with Gasteiger partial charge in [-0.25, -0.2) is 0 Å². The highest BCUT2D eigenvalue weighted by molar-refractivity contribution is 8.00. The molecule has 112 valence electrons. The van der Waals surface area contributed by atoms with Crippen LogP contribution in [0.5, 0.6) is 0 Å². The quantitative estimate of drug-likeness (QED) is 0.840. The third-order valence-electron chi connectivity index (χ3n) is 4.09. The highest BCUT2D eigenvalue weighted by Crippen LogP contribution is 2.35. The molecule has 0 spiro atoms. The zero-order valence-electron chi connectivity index (χ0n) is 11.5. The molecule has 19 heavy (non-hydrogen) atoms. The van der Waals surface area contributed by atoms with Gasteiger partial charge >= 0.3 is 5.51 Å². The van der Waals surface area contributed by atoms with Gasteiger partial charge in [0.15, 0.2) is 0 Å². The fourth-order valence-corrected chi connectivity index (χ4v) is 3.42. The third kappa shape index (κ3) is 4.83. The summed E-state index contributed by atoms with van der Waals surface area (Å²) in [4.78, 5) is 2.27.